The number of halogens is 1. The Morgan fingerprint density at radius 1 is 1.29 bits per heavy atom. The number of aromatic nitrogens is 2. The Morgan fingerprint density at radius 3 is 2.64 bits per heavy atom. The second-order valence-corrected chi connectivity index (χ2v) is 2.78. The van der Waals surface area contributed by atoms with Crippen LogP contribution in [0.2, 0.25) is 0 Å². The van der Waals surface area contributed by atoms with Gasteiger partial charge in [-0.15, -0.1) is 0 Å². The summed E-state index contributed by atoms with van der Waals surface area (Å²) in [7, 11) is 0. The number of H-pyrrole nitrogens is 1. The van der Waals surface area contributed by atoms with Gasteiger partial charge in [-0.25, -0.2) is 4.39 Å². The summed E-state index contributed by atoms with van der Waals surface area (Å²) in [6.45, 7) is 0. The first-order valence-corrected chi connectivity index (χ1v) is 4.00. The molecule has 0 aliphatic carbocycles. The predicted molar refractivity (Wildman–Crippen MR) is 48.7 cm³/mol. The highest BCUT2D eigenvalue weighted by Crippen LogP contribution is 2.20. The van der Waals surface area contributed by atoms with E-state index in [1.54, 1.807) is 12.1 Å². The molecular weight excluding hydrogens is 181 g/mol. The van der Waals surface area contributed by atoms with E-state index >= 15 is 0 Å². The molecule has 0 amide bonds. The van der Waals surface area contributed by atoms with Gasteiger partial charge < -0.3 is 0 Å². The maximum absolute atomic E-state index is 12.6. The highest BCUT2D eigenvalue weighted by molar-refractivity contribution is 5.65. The number of nitrogens with zero attached hydrogens (tertiary/aromatic N) is 2. The van der Waals surface area contributed by atoms with Crippen LogP contribution in [-0.4, -0.2) is 10.2 Å². The lowest BCUT2D eigenvalue weighted by Gasteiger charge is -1.97. The van der Waals surface area contributed by atoms with E-state index in [0.717, 1.165) is 5.56 Å². The number of rotatable bonds is 1. The summed E-state index contributed by atoms with van der Waals surface area (Å²) in [5.74, 6) is -0.299. The number of benzene rings is 1. The first-order valence-electron chi connectivity index (χ1n) is 4.00. The van der Waals surface area contributed by atoms with E-state index in [1.807, 2.05) is 6.07 Å². The van der Waals surface area contributed by atoms with Gasteiger partial charge in [0.15, 0.2) is 0 Å². The fourth-order valence-electron chi connectivity index (χ4n) is 1.21. The van der Waals surface area contributed by atoms with E-state index in [1.165, 1.54) is 18.3 Å². The average molecular weight is 187 g/mol. The van der Waals surface area contributed by atoms with Gasteiger partial charge in [-0.3, -0.25) is 5.10 Å². The molecule has 68 valence electrons. The van der Waals surface area contributed by atoms with E-state index in [2.05, 4.69) is 10.2 Å². The highest BCUT2D eigenvalue weighted by atomic mass is 19.1. The Hall–Kier alpha value is -2.15. The van der Waals surface area contributed by atoms with Crippen molar-refractivity contribution in [2.75, 3.05) is 0 Å². The molecule has 0 aliphatic rings. The largest absolute Gasteiger partial charge is 0.276 e. The first-order chi connectivity index (χ1) is 6.81. The Labute approximate surface area is 79.8 Å². The normalized spacial score (nSPS) is 9.71. The molecule has 0 spiro atoms. The van der Waals surface area contributed by atoms with Crippen LogP contribution in [0.5, 0.6) is 0 Å². The maximum Gasteiger partial charge on any atom is 0.123 e. The summed E-state index contributed by atoms with van der Waals surface area (Å²) in [5.41, 5.74) is 1.82. The van der Waals surface area contributed by atoms with Gasteiger partial charge in [-0.05, 0) is 24.3 Å². The summed E-state index contributed by atoms with van der Waals surface area (Å²) in [6, 6.07) is 7.89. The molecule has 2 aromatic rings. The van der Waals surface area contributed by atoms with Crippen molar-refractivity contribution in [3.63, 3.8) is 0 Å². The quantitative estimate of drug-likeness (QED) is 0.743. The molecule has 0 fully saturated rings. The molecule has 0 radical (unpaired) electrons. The Morgan fingerprint density at radius 2 is 2.00 bits per heavy atom. The van der Waals surface area contributed by atoms with Crippen LogP contribution in [0.3, 0.4) is 0 Å². The van der Waals surface area contributed by atoms with Crippen molar-refractivity contribution in [3.8, 4) is 17.3 Å². The van der Waals surface area contributed by atoms with Gasteiger partial charge in [-0.2, -0.15) is 10.4 Å². The Balaban J connectivity index is 2.50. The molecule has 3 nitrogen and oxygen atoms in total. The van der Waals surface area contributed by atoms with Crippen LogP contribution in [-0.2, 0) is 0 Å². The monoisotopic (exact) mass is 187 g/mol. The third-order valence-corrected chi connectivity index (χ3v) is 1.89. The predicted octanol–water partition coefficient (Wildman–Crippen LogP) is 2.09. The van der Waals surface area contributed by atoms with Crippen LogP contribution < -0.4 is 0 Å². The first kappa shape index (κ1) is 8.45. The topological polar surface area (TPSA) is 52.5 Å². The standard InChI is InChI=1S/C10H6FN3/c11-9-3-1-7(2-4-9)10-8(5-12)6-13-14-10/h1-4,6H,(H,13,14). The van der Waals surface area contributed by atoms with E-state index in [9.17, 15) is 4.39 Å². The lowest BCUT2D eigenvalue weighted by Crippen LogP contribution is -1.82. The number of aromatic amines is 1. The second kappa shape index (κ2) is 3.30. The molecule has 1 aromatic carbocycles. The van der Waals surface area contributed by atoms with E-state index < -0.39 is 0 Å². The van der Waals surface area contributed by atoms with Gasteiger partial charge in [0.2, 0.25) is 0 Å². The van der Waals surface area contributed by atoms with E-state index in [4.69, 9.17) is 5.26 Å². The van der Waals surface area contributed by atoms with Crippen molar-refractivity contribution < 1.29 is 4.39 Å². The molecule has 0 aliphatic heterocycles. The molecule has 1 N–H and O–H groups in total. The van der Waals surface area contributed by atoms with Gasteiger partial charge >= 0.3 is 0 Å². The van der Waals surface area contributed by atoms with Crippen LogP contribution in [0, 0.1) is 17.1 Å². The molecule has 0 saturated carbocycles. The van der Waals surface area contributed by atoms with Crippen LogP contribution >= 0.6 is 0 Å². The molecule has 14 heavy (non-hydrogen) atoms. The fraction of sp³-hybridized carbons (Fsp3) is 0. The summed E-state index contributed by atoms with van der Waals surface area (Å²) in [4.78, 5) is 0. The molecule has 4 heteroatoms. The van der Waals surface area contributed by atoms with Crippen LogP contribution in [0.4, 0.5) is 4.39 Å². The molecular formula is C10H6FN3. The molecule has 0 saturated heterocycles. The van der Waals surface area contributed by atoms with Crippen molar-refractivity contribution in [1.82, 2.24) is 10.2 Å². The molecule has 2 rings (SSSR count). The van der Waals surface area contributed by atoms with E-state index in [-0.39, 0.29) is 5.82 Å². The lowest BCUT2D eigenvalue weighted by molar-refractivity contribution is 0.628. The van der Waals surface area contributed by atoms with Gasteiger partial charge in [0, 0.05) is 5.56 Å². The summed E-state index contributed by atoms with van der Waals surface area (Å²) >= 11 is 0. The van der Waals surface area contributed by atoms with Crippen molar-refractivity contribution in [1.29, 1.82) is 5.26 Å². The maximum atomic E-state index is 12.6. The van der Waals surface area contributed by atoms with Crippen LogP contribution in [0.1, 0.15) is 5.56 Å². The number of hydrogen-bond acceptors (Lipinski definition) is 2. The second-order valence-electron chi connectivity index (χ2n) is 2.78. The minimum atomic E-state index is -0.299. The van der Waals surface area contributed by atoms with E-state index in [0.29, 0.717) is 11.3 Å². The number of hydrogen-bond donors (Lipinski definition) is 1. The summed E-state index contributed by atoms with van der Waals surface area (Å²) < 4.78 is 12.6. The molecule has 1 aromatic heterocycles. The van der Waals surface area contributed by atoms with Crippen molar-refractivity contribution in [3.05, 3.63) is 41.8 Å². The van der Waals surface area contributed by atoms with Crippen molar-refractivity contribution in [2.24, 2.45) is 0 Å². The molecule has 0 atom stereocenters. The zero-order chi connectivity index (χ0) is 9.97. The summed E-state index contributed by atoms with van der Waals surface area (Å²) in [6.07, 6.45) is 1.44. The zero-order valence-electron chi connectivity index (χ0n) is 7.16. The van der Waals surface area contributed by atoms with Crippen LogP contribution in [0.25, 0.3) is 11.3 Å². The third-order valence-electron chi connectivity index (χ3n) is 1.89. The molecule has 1 heterocycles. The minimum absolute atomic E-state index is 0.299. The minimum Gasteiger partial charge on any atom is -0.276 e. The van der Waals surface area contributed by atoms with Gasteiger partial charge in [0.1, 0.15) is 11.9 Å². The van der Waals surface area contributed by atoms with Gasteiger partial charge in [0.25, 0.3) is 0 Å². The molecule has 0 unspecified atom stereocenters. The molecule has 0 bridgehead atoms. The Bertz CT molecular complexity index is 479. The van der Waals surface area contributed by atoms with Crippen LogP contribution in [0.15, 0.2) is 30.5 Å². The lowest BCUT2D eigenvalue weighted by atomic mass is 10.1. The average Bonchev–Trinajstić information content (AvgIpc) is 2.67. The summed E-state index contributed by atoms with van der Waals surface area (Å²) in [5, 5.41) is 15.2. The SMILES string of the molecule is N#Cc1cn[nH]c1-c1ccc(F)cc1. The third kappa shape index (κ3) is 1.36. The smallest absolute Gasteiger partial charge is 0.123 e. The van der Waals surface area contributed by atoms with Gasteiger partial charge in [0.05, 0.1) is 17.5 Å². The zero-order valence-corrected chi connectivity index (χ0v) is 7.16. The fourth-order valence-corrected chi connectivity index (χ4v) is 1.21. The highest BCUT2D eigenvalue weighted by Gasteiger charge is 2.06. The van der Waals surface area contributed by atoms with Crippen molar-refractivity contribution >= 4 is 0 Å². The van der Waals surface area contributed by atoms with Gasteiger partial charge in [-0.1, -0.05) is 0 Å². The Kier molecular flexibility index (Phi) is 1.99. The van der Waals surface area contributed by atoms with Crippen molar-refractivity contribution in [2.45, 2.75) is 0 Å². The number of nitriles is 1. The number of nitrogens with one attached hydrogen (secondary N) is 1.